The van der Waals surface area contributed by atoms with Gasteiger partial charge in [-0.2, -0.15) is 0 Å². The Morgan fingerprint density at radius 1 is 1.63 bits per heavy atom. The van der Waals surface area contributed by atoms with E-state index in [1.807, 2.05) is 6.92 Å². The van der Waals surface area contributed by atoms with Crippen molar-refractivity contribution in [2.75, 3.05) is 13.1 Å². The van der Waals surface area contributed by atoms with Crippen LogP contribution in [-0.2, 0) is 15.8 Å². The molecular formula is C12H21N3O3S. The van der Waals surface area contributed by atoms with Gasteiger partial charge in [-0.25, -0.2) is 12.7 Å². The van der Waals surface area contributed by atoms with Crippen molar-refractivity contribution in [3.8, 4) is 0 Å². The third kappa shape index (κ3) is 3.55. The van der Waals surface area contributed by atoms with Crippen molar-refractivity contribution >= 4 is 10.0 Å². The van der Waals surface area contributed by atoms with Crippen LogP contribution in [0.25, 0.3) is 0 Å². The van der Waals surface area contributed by atoms with Crippen molar-refractivity contribution in [3.63, 3.8) is 0 Å². The molecule has 1 saturated heterocycles. The molecule has 2 heterocycles. The van der Waals surface area contributed by atoms with Crippen LogP contribution in [0.1, 0.15) is 31.2 Å². The van der Waals surface area contributed by atoms with Crippen molar-refractivity contribution < 1.29 is 12.9 Å². The molecule has 1 aromatic rings. The first-order chi connectivity index (χ1) is 8.88. The highest BCUT2D eigenvalue weighted by molar-refractivity contribution is 7.88. The zero-order chi connectivity index (χ0) is 14.0. The summed E-state index contributed by atoms with van der Waals surface area (Å²) in [6.45, 7) is 4.76. The molecule has 19 heavy (non-hydrogen) atoms. The minimum absolute atomic E-state index is 0.0206. The van der Waals surface area contributed by atoms with Crippen LogP contribution in [0.3, 0.4) is 0 Å². The lowest BCUT2D eigenvalue weighted by Crippen LogP contribution is -2.45. The fourth-order valence-electron chi connectivity index (χ4n) is 2.42. The number of aromatic nitrogens is 1. The maximum absolute atomic E-state index is 12.3. The number of sulfonamides is 1. The second-order valence-corrected chi connectivity index (χ2v) is 7.27. The standard InChI is InChI=1S/C12H21N3O3S/c1-9-6-12(14-18-9)8-19(16,17)15-5-3-4-11(7-15)10(2)13/h6,10-11H,3-5,7-8,13H2,1-2H3. The van der Waals surface area contributed by atoms with E-state index >= 15 is 0 Å². The Balaban J connectivity index is 2.06. The normalized spacial score (nSPS) is 23.4. The number of nitrogens with zero attached hydrogens (tertiary/aromatic N) is 2. The molecule has 0 bridgehead atoms. The van der Waals surface area contributed by atoms with E-state index in [4.69, 9.17) is 10.3 Å². The summed E-state index contributed by atoms with van der Waals surface area (Å²) in [4.78, 5) is 0. The summed E-state index contributed by atoms with van der Waals surface area (Å²) in [5.74, 6) is 0.760. The maximum atomic E-state index is 12.3. The number of nitrogens with two attached hydrogens (primary N) is 1. The molecule has 0 amide bonds. The molecule has 1 aliphatic heterocycles. The molecule has 6 nitrogen and oxygen atoms in total. The molecule has 108 valence electrons. The van der Waals surface area contributed by atoms with E-state index in [2.05, 4.69) is 5.16 Å². The van der Waals surface area contributed by atoms with Crippen LogP contribution >= 0.6 is 0 Å². The van der Waals surface area contributed by atoms with Crippen LogP contribution in [0.5, 0.6) is 0 Å². The zero-order valence-corrected chi connectivity index (χ0v) is 12.2. The lowest BCUT2D eigenvalue weighted by Gasteiger charge is -2.33. The highest BCUT2D eigenvalue weighted by Gasteiger charge is 2.31. The van der Waals surface area contributed by atoms with E-state index < -0.39 is 10.0 Å². The Morgan fingerprint density at radius 3 is 2.95 bits per heavy atom. The SMILES string of the molecule is Cc1cc(CS(=O)(=O)N2CCCC(C(C)N)C2)no1. The van der Waals surface area contributed by atoms with Crippen LogP contribution in [0.15, 0.2) is 10.6 Å². The monoisotopic (exact) mass is 287 g/mol. The van der Waals surface area contributed by atoms with E-state index in [9.17, 15) is 8.42 Å². The molecule has 2 unspecified atom stereocenters. The van der Waals surface area contributed by atoms with Gasteiger partial charge >= 0.3 is 0 Å². The first kappa shape index (κ1) is 14.5. The van der Waals surface area contributed by atoms with E-state index in [0.717, 1.165) is 12.8 Å². The smallest absolute Gasteiger partial charge is 0.219 e. The van der Waals surface area contributed by atoms with Crippen LogP contribution in [-0.4, -0.2) is 37.0 Å². The van der Waals surface area contributed by atoms with Gasteiger partial charge in [0.25, 0.3) is 0 Å². The first-order valence-corrected chi connectivity index (χ1v) is 8.15. The average molecular weight is 287 g/mol. The summed E-state index contributed by atoms with van der Waals surface area (Å²) < 4.78 is 31.1. The second-order valence-electron chi connectivity index (χ2n) is 5.30. The zero-order valence-electron chi connectivity index (χ0n) is 11.4. The molecule has 2 atom stereocenters. The van der Waals surface area contributed by atoms with Gasteiger partial charge in [0.2, 0.25) is 10.0 Å². The van der Waals surface area contributed by atoms with Gasteiger partial charge in [0.1, 0.15) is 17.2 Å². The van der Waals surface area contributed by atoms with E-state index in [1.165, 1.54) is 4.31 Å². The van der Waals surface area contributed by atoms with E-state index in [0.29, 0.717) is 24.5 Å². The van der Waals surface area contributed by atoms with Crippen molar-refractivity contribution in [1.29, 1.82) is 0 Å². The predicted octanol–water partition coefficient (Wildman–Crippen LogP) is 0.872. The predicted molar refractivity (Wildman–Crippen MR) is 71.8 cm³/mol. The van der Waals surface area contributed by atoms with Crippen LogP contribution in [0.2, 0.25) is 0 Å². The van der Waals surface area contributed by atoms with E-state index in [1.54, 1.807) is 13.0 Å². The number of piperidine rings is 1. The molecule has 0 aliphatic carbocycles. The molecule has 1 fully saturated rings. The molecule has 7 heteroatoms. The molecule has 0 saturated carbocycles. The summed E-state index contributed by atoms with van der Waals surface area (Å²) in [6.07, 6.45) is 1.86. The number of aryl methyl sites for hydroxylation is 1. The number of hydrogen-bond acceptors (Lipinski definition) is 5. The third-order valence-electron chi connectivity index (χ3n) is 3.56. The molecular weight excluding hydrogens is 266 g/mol. The fourth-order valence-corrected chi connectivity index (χ4v) is 3.94. The number of hydrogen-bond donors (Lipinski definition) is 1. The summed E-state index contributed by atoms with van der Waals surface area (Å²) in [6, 6.07) is 1.68. The molecule has 0 radical (unpaired) electrons. The summed E-state index contributed by atoms with van der Waals surface area (Å²) in [5, 5.41) is 3.74. The topological polar surface area (TPSA) is 89.4 Å². The van der Waals surface area contributed by atoms with Gasteiger partial charge in [0, 0.05) is 25.2 Å². The molecule has 2 N–H and O–H groups in total. The van der Waals surface area contributed by atoms with Crippen molar-refractivity contribution in [2.24, 2.45) is 11.7 Å². The Morgan fingerprint density at radius 2 is 2.37 bits per heavy atom. The summed E-state index contributed by atoms with van der Waals surface area (Å²) in [7, 11) is -3.33. The van der Waals surface area contributed by atoms with Crippen LogP contribution < -0.4 is 5.73 Å². The maximum Gasteiger partial charge on any atom is 0.219 e. The summed E-state index contributed by atoms with van der Waals surface area (Å²) >= 11 is 0. The third-order valence-corrected chi connectivity index (χ3v) is 5.34. The molecule has 0 spiro atoms. The van der Waals surface area contributed by atoms with Gasteiger partial charge in [-0.3, -0.25) is 0 Å². The summed E-state index contributed by atoms with van der Waals surface area (Å²) in [5.41, 5.74) is 6.34. The Hall–Kier alpha value is -0.920. The van der Waals surface area contributed by atoms with Gasteiger partial charge in [0.15, 0.2) is 0 Å². The number of rotatable bonds is 4. The highest BCUT2D eigenvalue weighted by Crippen LogP contribution is 2.22. The fraction of sp³-hybridized carbons (Fsp3) is 0.750. The van der Waals surface area contributed by atoms with Gasteiger partial charge in [0.05, 0.1) is 0 Å². The average Bonchev–Trinajstić information content (AvgIpc) is 2.74. The van der Waals surface area contributed by atoms with Gasteiger partial charge in [-0.1, -0.05) is 5.16 Å². The Bertz CT molecular complexity index is 524. The first-order valence-electron chi connectivity index (χ1n) is 6.54. The van der Waals surface area contributed by atoms with Crippen LogP contribution in [0.4, 0.5) is 0 Å². The molecule has 1 aliphatic rings. The molecule has 2 rings (SSSR count). The largest absolute Gasteiger partial charge is 0.361 e. The minimum atomic E-state index is -3.33. The lowest BCUT2D eigenvalue weighted by molar-refractivity contribution is 0.243. The van der Waals surface area contributed by atoms with Crippen LogP contribution in [0, 0.1) is 12.8 Å². The van der Waals surface area contributed by atoms with Crippen molar-refractivity contribution in [3.05, 3.63) is 17.5 Å². The second kappa shape index (κ2) is 5.60. The quantitative estimate of drug-likeness (QED) is 0.887. The van der Waals surface area contributed by atoms with E-state index in [-0.39, 0.29) is 17.7 Å². The van der Waals surface area contributed by atoms with Gasteiger partial charge < -0.3 is 10.3 Å². The molecule has 0 aromatic carbocycles. The Kier molecular flexibility index (Phi) is 4.27. The Labute approximate surface area is 114 Å². The highest BCUT2D eigenvalue weighted by atomic mass is 32.2. The lowest BCUT2D eigenvalue weighted by atomic mass is 9.93. The van der Waals surface area contributed by atoms with Gasteiger partial charge in [-0.05, 0) is 32.6 Å². The molecule has 1 aromatic heterocycles. The van der Waals surface area contributed by atoms with Gasteiger partial charge in [-0.15, -0.1) is 0 Å². The minimum Gasteiger partial charge on any atom is -0.361 e. The van der Waals surface area contributed by atoms with Crippen molar-refractivity contribution in [2.45, 2.75) is 38.5 Å². The van der Waals surface area contributed by atoms with Crippen molar-refractivity contribution in [1.82, 2.24) is 9.46 Å².